The minimum absolute atomic E-state index is 0.200. The average molecular weight is 356 g/mol. The van der Waals surface area contributed by atoms with Crippen molar-refractivity contribution in [1.29, 1.82) is 5.26 Å². The summed E-state index contributed by atoms with van der Waals surface area (Å²) in [5, 5.41) is 12.0. The highest BCUT2D eigenvalue weighted by Crippen LogP contribution is 2.23. The lowest BCUT2D eigenvalue weighted by atomic mass is 10.1. The van der Waals surface area contributed by atoms with Crippen LogP contribution in [0, 0.1) is 11.3 Å². The summed E-state index contributed by atoms with van der Waals surface area (Å²) in [4.78, 5) is 12.3. The van der Waals surface area contributed by atoms with Gasteiger partial charge in [0.1, 0.15) is 11.5 Å². The number of thioether (sulfide) groups is 1. The highest BCUT2D eigenvalue weighted by molar-refractivity contribution is 7.98. The van der Waals surface area contributed by atoms with Gasteiger partial charge < -0.3 is 14.8 Å². The van der Waals surface area contributed by atoms with Gasteiger partial charge in [-0.15, -0.1) is 0 Å². The van der Waals surface area contributed by atoms with E-state index in [2.05, 4.69) is 11.4 Å². The first-order chi connectivity index (χ1) is 12.2. The Kier molecular flexibility index (Phi) is 7.17. The van der Waals surface area contributed by atoms with Gasteiger partial charge in [-0.05, 0) is 29.8 Å². The Morgan fingerprint density at radius 1 is 1.20 bits per heavy atom. The molecule has 0 atom stereocenters. The van der Waals surface area contributed by atoms with Crippen LogP contribution in [-0.4, -0.2) is 32.4 Å². The van der Waals surface area contributed by atoms with E-state index in [0.717, 1.165) is 17.1 Å². The molecule has 0 fully saturated rings. The number of carbonyl (C=O) groups is 1. The minimum Gasteiger partial charge on any atom is -0.497 e. The van der Waals surface area contributed by atoms with Gasteiger partial charge in [0.05, 0.1) is 31.4 Å². The molecule has 5 nitrogen and oxygen atoms in total. The molecule has 0 radical (unpaired) electrons. The van der Waals surface area contributed by atoms with E-state index in [-0.39, 0.29) is 5.91 Å². The fourth-order valence-electron chi connectivity index (χ4n) is 2.26. The van der Waals surface area contributed by atoms with Crippen LogP contribution in [0.2, 0.25) is 0 Å². The van der Waals surface area contributed by atoms with Crippen LogP contribution in [0.1, 0.15) is 21.5 Å². The summed E-state index contributed by atoms with van der Waals surface area (Å²) in [6.07, 6.45) is 0. The molecule has 2 rings (SSSR count). The number of benzene rings is 2. The highest BCUT2D eigenvalue weighted by Gasteiger charge is 2.13. The number of nitrogens with one attached hydrogen (secondary N) is 1. The van der Waals surface area contributed by atoms with Crippen LogP contribution in [0.15, 0.2) is 42.5 Å². The molecule has 0 saturated heterocycles. The summed E-state index contributed by atoms with van der Waals surface area (Å²) < 4.78 is 10.4. The summed E-state index contributed by atoms with van der Waals surface area (Å²) >= 11 is 1.67. The molecule has 2 aromatic carbocycles. The van der Waals surface area contributed by atoms with Gasteiger partial charge in [0.25, 0.3) is 5.91 Å². The standard InChI is InChI=1S/C19H20N2O3S/c1-23-16-7-8-18(24-2)17(11-16)19(22)21-9-10-25-13-15-6-4-3-5-14(15)12-20/h3-8,11H,9-10,13H2,1-2H3,(H,21,22). The number of amides is 1. The van der Waals surface area contributed by atoms with Crippen molar-refractivity contribution in [3.05, 3.63) is 59.2 Å². The number of hydrogen-bond donors (Lipinski definition) is 1. The molecular weight excluding hydrogens is 336 g/mol. The lowest BCUT2D eigenvalue weighted by Crippen LogP contribution is -2.26. The molecule has 0 heterocycles. The highest BCUT2D eigenvalue weighted by atomic mass is 32.2. The quantitative estimate of drug-likeness (QED) is 0.735. The maximum Gasteiger partial charge on any atom is 0.255 e. The van der Waals surface area contributed by atoms with Crippen LogP contribution in [0.3, 0.4) is 0 Å². The largest absolute Gasteiger partial charge is 0.497 e. The third-order valence-electron chi connectivity index (χ3n) is 3.58. The van der Waals surface area contributed by atoms with Gasteiger partial charge in [-0.1, -0.05) is 18.2 Å². The molecule has 6 heteroatoms. The van der Waals surface area contributed by atoms with Crippen LogP contribution >= 0.6 is 11.8 Å². The van der Waals surface area contributed by atoms with Crippen LogP contribution in [-0.2, 0) is 5.75 Å². The van der Waals surface area contributed by atoms with E-state index in [9.17, 15) is 4.79 Å². The molecule has 0 aliphatic rings. The molecule has 1 amide bonds. The third-order valence-corrected chi connectivity index (χ3v) is 4.59. The van der Waals surface area contributed by atoms with Crippen molar-refractivity contribution in [3.63, 3.8) is 0 Å². The predicted molar refractivity (Wildman–Crippen MR) is 99.2 cm³/mol. The molecule has 0 spiro atoms. The summed E-state index contributed by atoms with van der Waals surface area (Å²) in [5.74, 6) is 2.40. The molecule has 0 unspecified atom stereocenters. The van der Waals surface area contributed by atoms with Gasteiger partial charge in [-0.3, -0.25) is 4.79 Å². The molecule has 0 aliphatic carbocycles. The lowest BCUT2D eigenvalue weighted by molar-refractivity contribution is 0.0953. The molecule has 0 aliphatic heterocycles. The number of hydrogen-bond acceptors (Lipinski definition) is 5. The first-order valence-corrected chi connectivity index (χ1v) is 8.91. The summed E-state index contributed by atoms with van der Waals surface area (Å²) in [5.41, 5.74) is 2.15. The molecule has 2 aromatic rings. The van der Waals surface area contributed by atoms with E-state index in [1.54, 1.807) is 37.1 Å². The van der Waals surface area contributed by atoms with E-state index in [1.807, 2.05) is 24.3 Å². The van der Waals surface area contributed by atoms with E-state index in [1.165, 1.54) is 7.11 Å². The molecule has 0 saturated carbocycles. The number of carbonyl (C=O) groups excluding carboxylic acids is 1. The van der Waals surface area contributed by atoms with Crippen molar-refractivity contribution in [2.45, 2.75) is 5.75 Å². The van der Waals surface area contributed by atoms with Gasteiger partial charge in [-0.25, -0.2) is 0 Å². The van der Waals surface area contributed by atoms with Gasteiger partial charge >= 0.3 is 0 Å². The van der Waals surface area contributed by atoms with Crippen LogP contribution in [0.4, 0.5) is 0 Å². The van der Waals surface area contributed by atoms with Gasteiger partial charge in [0, 0.05) is 18.1 Å². The monoisotopic (exact) mass is 356 g/mol. The second-order valence-electron chi connectivity index (χ2n) is 5.14. The molecule has 25 heavy (non-hydrogen) atoms. The third kappa shape index (κ3) is 5.16. The van der Waals surface area contributed by atoms with Crippen molar-refractivity contribution < 1.29 is 14.3 Å². The van der Waals surface area contributed by atoms with Gasteiger partial charge in [-0.2, -0.15) is 17.0 Å². The van der Waals surface area contributed by atoms with E-state index in [4.69, 9.17) is 14.7 Å². The maximum atomic E-state index is 12.3. The maximum absolute atomic E-state index is 12.3. The van der Waals surface area contributed by atoms with E-state index >= 15 is 0 Å². The van der Waals surface area contributed by atoms with E-state index in [0.29, 0.717) is 29.2 Å². The molecule has 130 valence electrons. The predicted octanol–water partition coefficient (Wildman–Crippen LogP) is 3.24. The fourth-order valence-corrected chi connectivity index (χ4v) is 3.12. The first-order valence-electron chi connectivity index (χ1n) is 7.75. The van der Waals surface area contributed by atoms with Crippen molar-refractivity contribution in [2.24, 2.45) is 0 Å². The van der Waals surface area contributed by atoms with Crippen molar-refractivity contribution in [2.75, 3.05) is 26.5 Å². The number of nitrogens with zero attached hydrogens (tertiary/aromatic N) is 1. The van der Waals surface area contributed by atoms with Crippen LogP contribution < -0.4 is 14.8 Å². The summed E-state index contributed by atoms with van der Waals surface area (Å²) in [7, 11) is 3.08. The normalized spacial score (nSPS) is 9.96. The Hall–Kier alpha value is -2.65. The Bertz CT molecular complexity index is 772. The second kappa shape index (κ2) is 9.60. The van der Waals surface area contributed by atoms with Crippen molar-refractivity contribution in [1.82, 2.24) is 5.32 Å². The van der Waals surface area contributed by atoms with Crippen molar-refractivity contribution >= 4 is 17.7 Å². The Labute approximate surface area is 151 Å². The summed E-state index contributed by atoms with van der Waals surface area (Å²) in [6, 6.07) is 14.8. The molecule has 0 aromatic heterocycles. The summed E-state index contributed by atoms with van der Waals surface area (Å²) in [6.45, 7) is 0.526. The number of ether oxygens (including phenoxy) is 2. The topological polar surface area (TPSA) is 71.3 Å². The van der Waals surface area contributed by atoms with Gasteiger partial charge in [0.15, 0.2) is 0 Å². The zero-order valence-corrected chi connectivity index (χ0v) is 15.1. The Morgan fingerprint density at radius 2 is 2.00 bits per heavy atom. The first kappa shape index (κ1) is 18.7. The SMILES string of the molecule is COc1ccc(OC)c(C(=O)NCCSCc2ccccc2C#N)c1. The lowest BCUT2D eigenvalue weighted by Gasteiger charge is -2.11. The zero-order valence-electron chi connectivity index (χ0n) is 14.2. The second-order valence-corrected chi connectivity index (χ2v) is 6.25. The fraction of sp³-hybridized carbons (Fsp3) is 0.263. The van der Waals surface area contributed by atoms with Gasteiger partial charge in [0.2, 0.25) is 0 Å². The minimum atomic E-state index is -0.200. The Morgan fingerprint density at radius 3 is 2.72 bits per heavy atom. The Balaban J connectivity index is 1.84. The number of methoxy groups -OCH3 is 2. The smallest absolute Gasteiger partial charge is 0.255 e. The van der Waals surface area contributed by atoms with Crippen molar-refractivity contribution in [3.8, 4) is 17.6 Å². The number of nitriles is 1. The zero-order chi connectivity index (χ0) is 18.1. The van der Waals surface area contributed by atoms with Crippen LogP contribution in [0.5, 0.6) is 11.5 Å². The van der Waals surface area contributed by atoms with Crippen LogP contribution in [0.25, 0.3) is 0 Å². The molecular formula is C19H20N2O3S. The average Bonchev–Trinajstić information content (AvgIpc) is 2.67. The molecule has 1 N–H and O–H groups in total. The molecule has 0 bridgehead atoms. The number of rotatable bonds is 8. The van der Waals surface area contributed by atoms with E-state index < -0.39 is 0 Å².